The molecule has 0 aliphatic heterocycles. The van der Waals surface area contributed by atoms with Gasteiger partial charge in [0, 0.05) is 12.8 Å². The molecule has 1 aromatic carbocycles. The molecule has 0 spiro atoms. The van der Waals surface area contributed by atoms with E-state index in [9.17, 15) is 9.59 Å². The Kier molecular flexibility index (Phi) is 7.01. The number of hydrogen-bond donors (Lipinski definition) is 0. The summed E-state index contributed by atoms with van der Waals surface area (Å²) in [7, 11) is 0. The van der Waals surface area contributed by atoms with Crippen LogP contribution in [0.2, 0.25) is 0 Å². The smallest absolute Gasteiger partial charge is 0.143 e. The number of rotatable bonds is 8. The SMILES string of the molecule is CCC(=O)C(CC1CCC(Cc2ccccc2)CC1)C(=O)CC. The van der Waals surface area contributed by atoms with E-state index in [4.69, 9.17) is 0 Å². The fourth-order valence-corrected chi connectivity index (χ4v) is 3.89. The molecule has 1 fully saturated rings. The lowest BCUT2D eigenvalue weighted by atomic mass is 9.74. The Morgan fingerprint density at radius 2 is 1.43 bits per heavy atom. The maximum atomic E-state index is 12.1. The van der Waals surface area contributed by atoms with Gasteiger partial charge in [-0.15, -0.1) is 0 Å². The van der Waals surface area contributed by atoms with Crippen molar-refractivity contribution >= 4 is 11.6 Å². The molecular weight excluding hydrogens is 284 g/mol. The highest BCUT2D eigenvalue weighted by atomic mass is 16.1. The molecule has 1 aliphatic carbocycles. The Balaban J connectivity index is 1.83. The lowest BCUT2D eigenvalue weighted by Crippen LogP contribution is -2.27. The minimum Gasteiger partial charge on any atom is -0.299 e. The van der Waals surface area contributed by atoms with E-state index in [1.165, 1.54) is 37.7 Å². The molecule has 0 heterocycles. The summed E-state index contributed by atoms with van der Waals surface area (Å²) < 4.78 is 0. The van der Waals surface area contributed by atoms with Crippen LogP contribution in [0.1, 0.15) is 64.4 Å². The van der Waals surface area contributed by atoms with E-state index in [2.05, 4.69) is 30.3 Å². The van der Waals surface area contributed by atoms with E-state index in [0.29, 0.717) is 18.8 Å². The second kappa shape index (κ2) is 9.00. The van der Waals surface area contributed by atoms with Crippen molar-refractivity contribution in [2.24, 2.45) is 17.8 Å². The maximum absolute atomic E-state index is 12.1. The van der Waals surface area contributed by atoms with E-state index in [1.54, 1.807) is 0 Å². The van der Waals surface area contributed by atoms with E-state index in [1.807, 2.05) is 13.8 Å². The summed E-state index contributed by atoms with van der Waals surface area (Å²) in [4.78, 5) is 24.1. The molecule has 0 unspecified atom stereocenters. The van der Waals surface area contributed by atoms with Gasteiger partial charge >= 0.3 is 0 Å². The Hall–Kier alpha value is -1.44. The summed E-state index contributed by atoms with van der Waals surface area (Å²) in [6.45, 7) is 3.74. The van der Waals surface area contributed by atoms with Crippen LogP contribution in [-0.4, -0.2) is 11.6 Å². The molecule has 1 aromatic rings. The molecule has 0 amide bonds. The number of carbonyl (C=O) groups excluding carboxylic acids is 2. The Bertz CT molecular complexity index is 482. The van der Waals surface area contributed by atoms with Crippen LogP contribution in [0.15, 0.2) is 30.3 Å². The zero-order valence-electron chi connectivity index (χ0n) is 14.6. The van der Waals surface area contributed by atoms with Gasteiger partial charge in [-0.05, 0) is 43.1 Å². The summed E-state index contributed by atoms with van der Waals surface area (Å²) in [6.07, 6.45) is 7.72. The second-order valence-corrected chi connectivity index (χ2v) is 7.00. The molecule has 126 valence electrons. The van der Waals surface area contributed by atoms with Gasteiger partial charge in [0.15, 0.2) is 0 Å². The quantitative estimate of drug-likeness (QED) is 0.633. The summed E-state index contributed by atoms with van der Waals surface area (Å²) >= 11 is 0. The summed E-state index contributed by atoms with van der Waals surface area (Å²) in [5.74, 6) is 1.26. The third kappa shape index (κ3) is 5.30. The van der Waals surface area contributed by atoms with Gasteiger partial charge in [-0.1, -0.05) is 57.0 Å². The van der Waals surface area contributed by atoms with Crippen LogP contribution in [0.25, 0.3) is 0 Å². The Morgan fingerprint density at radius 1 is 0.913 bits per heavy atom. The van der Waals surface area contributed by atoms with Crippen LogP contribution in [0.4, 0.5) is 0 Å². The van der Waals surface area contributed by atoms with Crippen molar-refractivity contribution in [3.63, 3.8) is 0 Å². The van der Waals surface area contributed by atoms with Crippen LogP contribution in [0.3, 0.4) is 0 Å². The predicted molar refractivity (Wildman–Crippen MR) is 94.3 cm³/mol. The molecule has 23 heavy (non-hydrogen) atoms. The molecule has 1 saturated carbocycles. The Morgan fingerprint density at radius 3 is 1.96 bits per heavy atom. The second-order valence-electron chi connectivity index (χ2n) is 7.00. The minimum absolute atomic E-state index is 0.142. The predicted octanol–water partition coefficient (Wildman–Crippen LogP) is 5.00. The van der Waals surface area contributed by atoms with E-state index < -0.39 is 0 Å². The fraction of sp³-hybridized carbons (Fsp3) is 0.619. The number of Topliss-reactive ketones (excluding diaryl/α,β-unsaturated/α-hetero) is 2. The van der Waals surface area contributed by atoms with Crippen molar-refractivity contribution in [2.45, 2.75) is 65.2 Å². The van der Waals surface area contributed by atoms with Crippen LogP contribution in [-0.2, 0) is 16.0 Å². The number of benzene rings is 1. The van der Waals surface area contributed by atoms with Crippen LogP contribution >= 0.6 is 0 Å². The standard InChI is InChI=1S/C21H30O2/c1-3-20(22)19(21(23)4-2)15-18-12-10-17(11-13-18)14-16-8-6-5-7-9-16/h5-9,17-19H,3-4,10-15H2,1-2H3. The van der Waals surface area contributed by atoms with Gasteiger partial charge in [0.2, 0.25) is 0 Å². The average Bonchev–Trinajstić information content (AvgIpc) is 2.60. The van der Waals surface area contributed by atoms with Crippen molar-refractivity contribution < 1.29 is 9.59 Å². The normalized spacial score (nSPS) is 21.3. The van der Waals surface area contributed by atoms with Gasteiger partial charge in [-0.3, -0.25) is 9.59 Å². The fourth-order valence-electron chi connectivity index (χ4n) is 3.89. The van der Waals surface area contributed by atoms with Gasteiger partial charge in [-0.25, -0.2) is 0 Å². The minimum atomic E-state index is -0.333. The number of hydrogen-bond acceptors (Lipinski definition) is 2. The zero-order valence-corrected chi connectivity index (χ0v) is 14.6. The highest BCUT2D eigenvalue weighted by Crippen LogP contribution is 2.35. The average molecular weight is 314 g/mol. The molecule has 2 heteroatoms. The first kappa shape index (κ1) is 17.9. The first-order chi connectivity index (χ1) is 11.1. The van der Waals surface area contributed by atoms with Crippen molar-refractivity contribution in [1.82, 2.24) is 0 Å². The van der Waals surface area contributed by atoms with Crippen molar-refractivity contribution in [3.8, 4) is 0 Å². The topological polar surface area (TPSA) is 34.1 Å². The molecule has 0 saturated heterocycles. The highest BCUT2D eigenvalue weighted by Gasteiger charge is 2.29. The molecule has 0 bridgehead atoms. The number of carbonyl (C=O) groups is 2. The highest BCUT2D eigenvalue weighted by molar-refractivity contribution is 6.02. The van der Waals surface area contributed by atoms with E-state index in [0.717, 1.165) is 12.3 Å². The maximum Gasteiger partial charge on any atom is 0.143 e. The lowest BCUT2D eigenvalue weighted by Gasteiger charge is -2.30. The van der Waals surface area contributed by atoms with Gasteiger partial charge in [0.1, 0.15) is 11.6 Å². The molecule has 1 aliphatic rings. The first-order valence-corrected chi connectivity index (χ1v) is 9.23. The first-order valence-electron chi connectivity index (χ1n) is 9.23. The van der Waals surface area contributed by atoms with E-state index in [-0.39, 0.29) is 17.5 Å². The molecule has 0 N–H and O–H groups in total. The van der Waals surface area contributed by atoms with E-state index >= 15 is 0 Å². The molecule has 0 atom stereocenters. The third-order valence-corrected chi connectivity index (χ3v) is 5.38. The third-order valence-electron chi connectivity index (χ3n) is 5.38. The van der Waals surface area contributed by atoms with Gasteiger partial charge in [0.05, 0.1) is 5.92 Å². The Labute approximate surface area is 140 Å². The molecule has 0 aromatic heterocycles. The molecular formula is C21H30O2. The van der Waals surface area contributed by atoms with Crippen LogP contribution in [0, 0.1) is 17.8 Å². The summed E-state index contributed by atoms with van der Waals surface area (Å²) in [6, 6.07) is 10.7. The lowest BCUT2D eigenvalue weighted by molar-refractivity contribution is -0.133. The van der Waals surface area contributed by atoms with Gasteiger partial charge in [-0.2, -0.15) is 0 Å². The molecule has 2 nitrogen and oxygen atoms in total. The zero-order chi connectivity index (χ0) is 16.7. The molecule has 2 rings (SSSR count). The van der Waals surface area contributed by atoms with Crippen molar-refractivity contribution in [2.75, 3.05) is 0 Å². The summed E-state index contributed by atoms with van der Waals surface area (Å²) in [5, 5.41) is 0. The van der Waals surface area contributed by atoms with Gasteiger partial charge in [0.25, 0.3) is 0 Å². The van der Waals surface area contributed by atoms with Gasteiger partial charge < -0.3 is 0 Å². The van der Waals surface area contributed by atoms with Crippen LogP contribution in [0.5, 0.6) is 0 Å². The monoisotopic (exact) mass is 314 g/mol. The number of ketones is 2. The van der Waals surface area contributed by atoms with Crippen molar-refractivity contribution in [3.05, 3.63) is 35.9 Å². The van der Waals surface area contributed by atoms with Crippen molar-refractivity contribution in [1.29, 1.82) is 0 Å². The largest absolute Gasteiger partial charge is 0.299 e. The van der Waals surface area contributed by atoms with Crippen LogP contribution < -0.4 is 0 Å². The molecule has 0 radical (unpaired) electrons. The summed E-state index contributed by atoms with van der Waals surface area (Å²) in [5.41, 5.74) is 1.43.